The third kappa shape index (κ3) is 5.19. The minimum atomic E-state index is -0.686. The predicted molar refractivity (Wildman–Crippen MR) is 114 cm³/mol. The van der Waals surface area contributed by atoms with Gasteiger partial charge in [-0.1, -0.05) is 42.1 Å². The van der Waals surface area contributed by atoms with Crippen LogP contribution < -0.4 is 9.47 Å². The lowest BCUT2D eigenvalue weighted by atomic mass is 10.1. The number of thioether (sulfide) groups is 1. The lowest BCUT2D eigenvalue weighted by Gasteiger charge is -2.15. The van der Waals surface area contributed by atoms with Gasteiger partial charge in [-0.05, 0) is 30.7 Å². The molecule has 152 valence electrons. The summed E-state index contributed by atoms with van der Waals surface area (Å²) in [5, 5.41) is 11.1. The number of nitrogens with zero attached hydrogens (tertiary/aromatic N) is 2. The molecule has 0 saturated heterocycles. The molecule has 1 N–H and O–H groups in total. The highest BCUT2D eigenvalue weighted by atomic mass is 32.2. The number of imidazole rings is 1. The Balaban J connectivity index is 1.57. The third-order valence-corrected chi connectivity index (χ3v) is 5.61. The van der Waals surface area contributed by atoms with Crippen molar-refractivity contribution in [2.75, 3.05) is 19.5 Å². The van der Waals surface area contributed by atoms with Crippen LogP contribution in [0.4, 0.5) is 0 Å². The fourth-order valence-corrected chi connectivity index (χ4v) is 3.67. The largest absolute Gasteiger partial charge is 0.493 e. The molecule has 0 spiro atoms. The molecule has 1 atom stereocenters. The smallest absolute Gasteiger partial charge is 0.168 e. The molecule has 0 aliphatic heterocycles. The van der Waals surface area contributed by atoms with E-state index in [9.17, 15) is 9.90 Å². The monoisotopic (exact) mass is 412 g/mol. The van der Waals surface area contributed by atoms with E-state index in [2.05, 4.69) is 4.98 Å². The summed E-state index contributed by atoms with van der Waals surface area (Å²) in [7, 11) is 3.48. The third-order valence-electron chi connectivity index (χ3n) is 4.42. The number of hydrogen-bond acceptors (Lipinski definition) is 6. The number of aliphatic hydroxyl groups excluding tert-OH is 1. The summed E-state index contributed by atoms with van der Waals surface area (Å²) in [5.41, 5.74) is 2.67. The Labute approximate surface area is 174 Å². The van der Waals surface area contributed by atoms with Crippen molar-refractivity contribution in [3.05, 3.63) is 60.3 Å². The van der Waals surface area contributed by atoms with Gasteiger partial charge in [-0.2, -0.15) is 0 Å². The van der Waals surface area contributed by atoms with E-state index in [-0.39, 0.29) is 12.4 Å². The lowest BCUT2D eigenvalue weighted by molar-refractivity contribution is 0.101. The second-order valence-corrected chi connectivity index (χ2v) is 7.54. The second-order valence-electron chi connectivity index (χ2n) is 6.55. The number of ether oxygens (including phenoxy) is 2. The van der Waals surface area contributed by atoms with E-state index < -0.39 is 6.10 Å². The zero-order valence-corrected chi connectivity index (χ0v) is 17.5. The summed E-state index contributed by atoms with van der Waals surface area (Å²) in [6.07, 6.45) is 1.15. The number of hydrogen-bond donors (Lipinski definition) is 1. The molecule has 29 heavy (non-hydrogen) atoms. The maximum atomic E-state index is 11.5. The van der Waals surface area contributed by atoms with Crippen molar-refractivity contribution in [2.24, 2.45) is 7.05 Å². The van der Waals surface area contributed by atoms with Gasteiger partial charge in [0.2, 0.25) is 0 Å². The Hall–Kier alpha value is -2.77. The van der Waals surface area contributed by atoms with Crippen LogP contribution in [-0.2, 0) is 7.05 Å². The zero-order chi connectivity index (χ0) is 20.8. The topological polar surface area (TPSA) is 73.6 Å². The molecule has 1 aromatic heterocycles. The average molecular weight is 413 g/mol. The highest BCUT2D eigenvalue weighted by Gasteiger charge is 2.14. The van der Waals surface area contributed by atoms with Gasteiger partial charge in [-0.25, -0.2) is 4.98 Å². The van der Waals surface area contributed by atoms with Crippen LogP contribution in [0.25, 0.3) is 11.3 Å². The lowest BCUT2D eigenvalue weighted by Crippen LogP contribution is -2.20. The summed E-state index contributed by atoms with van der Waals surface area (Å²) in [4.78, 5) is 15.9. The number of aliphatic hydroxyl groups is 1. The fraction of sp³-hybridized carbons (Fsp3) is 0.273. The molecule has 7 heteroatoms. The number of methoxy groups -OCH3 is 1. The molecule has 3 aromatic rings. The van der Waals surface area contributed by atoms with Gasteiger partial charge < -0.3 is 19.1 Å². The Morgan fingerprint density at radius 1 is 1.21 bits per heavy atom. The van der Waals surface area contributed by atoms with Gasteiger partial charge in [0.25, 0.3) is 0 Å². The van der Waals surface area contributed by atoms with E-state index in [0.29, 0.717) is 22.8 Å². The van der Waals surface area contributed by atoms with E-state index in [1.807, 2.05) is 48.1 Å². The second kappa shape index (κ2) is 9.62. The van der Waals surface area contributed by atoms with Crippen molar-refractivity contribution < 1.29 is 19.4 Å². The molecule has 0 amide bonds. The van der Waals surface area contributed by atoms with E-state index in [1.165, 1.54) is 25.8 Å². The number of Topliss-reactive ketones (excluding diaryl/α,β-unsaturated/α-hetero) is 1. The number of aromatic nitrogens is 2. The van der Waals surface area contributed by atoms with Crippen LogP contribution in [0.2, 0.25) is 0 Å². The summed E-state index contributed by atoms with van der Waals surface area (Å²) in [6.45, 7) is 1.61. The summed E-state index contributed by atoms with van der Waals surface area (Å²) in [5.74, 6) is 1.35. The van der Waals surface area contributed by atoms with Crippen LogP contribution in [0.1, 0.15) is 17.3 Å². The van der Waals surface area contributed by atoms with Crippen LogP contribution >= 0.6 is 11.8 Å². The summed E-state index contributed by atoms with van der Waals surface area (Å²) < 4.78 is 13.0. The SMILES string of the molecule is COc1cc(C(C)=O)ccc1OCC(O)CSc1ncc(-c2ccccc2)n1C. The number of carbonyl (C=O) groups excluding carboxylic acids is 1. The molecular formula is C22H24N2O4S. The highest BCUT2D eigenvalue weighted by molar-refractivity contribution is 7.99. The van der Waals surface area contributed by atoms with Crippen LogP contribution in [0.15, 0.2) is 59.9 Å². The molecule has 6 nitrogen and oxygen atoms in total. The molecule has 0 fully saturated rings. The number of ketones is 1. The normalized spacial score (nSPS) is 11.9. The van der Waals surface area contributed by atoms with Crippen molar-refractivity contribution in [3.63, 3.8) is 0 Å². The highest BCUT2D eigenvalue weighted by Crippen LogP contribution is 2.29. The summed E-state index contributed by atoms with van der Waals surface area (Å²) >= 11 is 1.47. The van der Waals surface area contributed by atoms with Crippen molar-refractivity contribution in [1.82, 2.24) is 9.55 Å². The quantitative estimate of drug-likeness (QED) is 0.425. The van der Waals surface area contributed by atoms with E-state index in [0.717, 1.165) is 16.4 Å². The van der Waals surface area contributed by atoms with E-state index in [1.54, 1.807) is 18.2 Å². The van der Waals surface area contributed by atoms with Crippen LogP contribution in [0.5, 0.6) is 11.5 Å². The van der Waals surface area contributed by atoms with Gasteiger partial charge in [-0.15, -0.1) is 0 Å². The van der Waals surface area contributed by atoms with Crippen molar-refractivity contribution in [2.45, 2.75) is 18.2 Å². The molecule has 0 aliphatic rings. The standard InChI is InChI=1S/C22H24N2O4S/c1-15(25)17-9-10-20(21(11-17)27-3)28-13-18(26)14-29-22-23-12-19(24(22)2)16-7-5-4-6-8-16/h4-12,18,26H,13-14H2,1-3H3. The first kappa shape index (κ1) is 21.0. The Morgan fingerprint density at radius 3 is 2.66 bits per heavy atom. The minimum absolute atomic E-state index is 0.0452. The zero-order valence-electron chi connectivity index (χ0n) is 16.7. The molecule has 1 heterocycles. The van der Waals surface area contributed by atoms with Crippen LogP contribution in [0, 0.1) is 0 Å². The first-order chi connectivity index (χ1) is 14.0. The van der Waals surface area contributed by atoms with Gasteiger partial charge in [-0.3, -0.25) is 4.79 Å². The average Bonchev–Trinajstić information content (AvgIpc) is 3.11. The van der Waals surface area contributed by atoms with Crippen molar-refractivity contribution in [1.29, 1.82) is 0 Å². The molecule has 0 aliphatic carbocycles. The van der Waals surface area contributed by atoms with Gasteiger partial charge >= 0.3 is 0 Å². The van der Waals surface area contributed by atoms with Crippen LogP contribution in [-0.4, -0.2) is 46.0 Å². The van der Waals surface area contributed by atoms with E-state index in [4.69, 9.17) is 9.47 Å². The Kier molecular flexibility index (Phi) is 6.95. The molecule has 0 bridgehead atoms. The molecule has 0 radical (unpaired) electrons. The maximum absolute atomic E-state index is 11.5. The molecular weight excluding hydrogens is 388 g/mol. The first-order valence-electron chi connectivity index (χ1n) is 9.19. The van der Waals surface area contributed by atoms with Crippen molar-refractivity contribution in [3.8, 4) is 22.8 Å². The Bertz CT molecular complexity index is 972. The number of benzene rings is 2. The molecule has 0 saturated carbocycles. The van der Waals surface area contributed by atoms with E-state index >= 15 is 0 Å². The minimum Gasteiger partial charge on any atom is -0.493 e. The maximum Gasteiger partial charge on any atom is 0.168 e. The predicted octanol–water partition coefficient (Wildman–Crippen LogP) is 3.83. The summed E-state index contributed by atoms with van der Waals surface area (Å²) in [6, 6.07) is 15.0. The molecule has 1 unspecified atom stereocenters. The number of carbonyl (C=O) groups is 1. The fourth-order valence-electron chi connectivity index (χ4n) is 2.81. The molecule has 3 rings (SSSR count). The van der Waals surface area contributed by atoms with Crippen LogP contribution in [0.3, 0.4) is 0 Å². The van der Waals surface area contributed by atoms with Crippen molar-refractivity contribution >= 4 is 17.5 Å². The Morgan fingerprint density at radius 2 is 1.97 bits per heavy atom. The van der Waals surface area contributed by atoms with Gasteiger partial charge in [0.1, 0.15) is 6.61 Å². The number of rotatable bonds is 9. The van der Waals surface area contributed by atoms with Gasteiger partial charge in [0, 0.05) is 18.4 Å². The van der Waals surface area contributed by atoms with Gasteiger partial charge in [0.05, 0.1) is 25.1 Å². The molecule has 2 aromatic carbocycles. The first-order valence-corrected chi connectivity index (χ1v) is 10.2. The van der Waals surface area contributed by atoms with Gasteiger partial charge in [0.15, 0.2) is 22.4 Å².